The van der Waals surface area contributed by atoms with Gasteiger partial charge in [-0.25, -0.2) is 13.2 Å². The summed E-state index contributed by atoms with van der Waals surface area (Å²) in [5, 5.41) is 0. The van der Waals surface area contributed by atoms with E-state index in [-0.39, 0.29) is 5.69 Å². The van der Waals surface area contributed by atoms with Crippen LogP contribution in [0.15, 0.2) is 23.2 Å². The molecule has 1 N–H and O–H groups in total. The Morgan fingerprint density at radius 2 is 2.12 bits per heavy atom. The van der Waals surface area contributed by atoms with Crippen LogP contribution in [0.2, 0.25) is 0 Å². The van der Waals surface area contributed by atoms with Crippen molar-refractivity contribution in [2.45, 2.75) is 0 Å². The largest absolute Gasteiger partial charge is 0.495 e. The van der Waals surface area contributed by atoms with E-state index >= 15 is 0 Å². The van der Waals surface area contributed by atoms with Gasteiger partial charge in [0.05, 0.1) is 24.7 Å². The van der Waals surface area contributed by atoms with E-state index in [1.54, 1.807) is 0 Å². The molecule has 0 aliphatic rings. The summed E-state index contributed by atoms with van der Waals surface area (Å²) < 4.78 is 29.3. The average molecular weight is 242 g/mol. The summed E-state index contributed by atoms with van der Waals surface area (Å²) in [6.45, 7) is 0. The normalized spacial score (nSPS) is 10.4. The Labute approximate surface area is 93.0 Å². The highest BCUT2D eigenvalue weighted by molar-refractivity contribution is 7.92. The number of isocyanates is 1. The summed E-state index contributed by atoms with van der Waals surface area (Å²) in [5.74, 6) is 0.343. The van der Waals surface area contributed by atoms with E-state index in [4.69, 9.17) is 4.74 Å². The summed E-state index contributed by atoms with van der Waals surface area (Å²) in [4.78, 5) is 13.4. The van der Waals surface area contributed by atoms with Crippen molar-refractivity contribution in [1.82, 2.24) is 0 Å². The van der Waals surface area contributed by atoms with Crippen molar-refractivity contribution in [3.05, 3.63) is 18.2 Å². The molecule has 6 nitrogen and oxygen atoms in total. The summed E-state index contributed by atoms with van der Waals surface area (Å²) in [6, 6.07) is 4.39. The Morgan fingerprint density at radius 3 is 2.62 bits per heavy atom. The fourth-order valence-corrected chi connectivity index (χ4v) is 1.66. The van der Waals surface area contributed by atoms with Crippen molar-refractivity contribution in [1.29, 1.82) is 0 Å². The number of anilines is 1. The number of nitrogens with zero attached hydrogens (tertiary/aromatic N) is 1. The van der Waals surface area contributed by atoms with Crippen LogP contribution in [0.4, 0.5) is 11.4 Å². The lowest BCUT2D eigenvalue weighted by Gasteiger charge is -2.09. The van der Waals surface area contributed by atoms with E-state index in [1.807, 2.05) is 0 Å². The SMILES string of the molecule is COc1ccc(N=C=O)cc1NS(C)(=O)=O. The zero-order chi connectivity index (χ0) is 12.2. The highest BCUT2D eigenvalue weighted by Crippen LogP contribution is 2.29. The van der Waals surface area contributed by atoms with Gasteiger partial charge in [0.2, 0.25) is 16.1 Å². The molecule has 0 bridgehead atoms. The predicted octanol–water partition coefficient (Wildman–Crippen LogP) is 1.03. The molecule has 86 valence electrons. The van der Waals surface area contributed by atoms with Crippen LogP contribution < -0.4 is 9.46 Å². The highest BCUT2D eigenvalue weighted by atomic mass is 32.2. The summed E-state index contributed by atoms with van der Waals surface area (Å²) in [6.07, 6.45) is 2.38. The number of sulfonamides is 1. The molecule has 1 aromatic rings. The van der Waals surface area contributed by atoms with Gasteiger partial charge < -0.3 is 4.74 Å². The van der Waals surface area contributed by atoms with Gasteiger partial charge in [0, 0.05) is 0 Å². The Bertz CT molecular complexity index is 532. The summed E-state index contributed by atoms with van der Waals surface area (Å²) in [5.41, 5.74) is 0.517. The van der Waals surface area contributed by atoms with Crippen molar-refractivity contribution in [3.8, 4) is 5.75 Å². The lowest BCUT2D eigenvalue weighted by Crippen LogP contribution is -2.10. The number of carbonyl (C=O) groups excluding carboxylic acids is 1. The van der Waals surface area contributed by atoms with Crippen LogP contribution in [0.3, 0.4) is 0 Å². The molecule has 0 amide bonds. The van der Waals surface area contributed by atoms with E-state index in [0.29, 0.717) is 11.4 Å². The zero-order valence-electron chi connectivity index (χ0n) is 8.72. The van der Waals surface area contributed by atoms with Gasteiger partial charge in [-0.2, -0.15) is 4.99 Å². The topological polar surface area (TPSA) is 84.8 Å². The number of nitrogens with one attached hydrogen (secondary N) is 1. The van der Waals surface area contributed by atoms with Gasteiger partial charge in [-0.15, -0.1) is 0 Å². The Morgan fingerprint density at radius 1 is 1.44 bits per heavy atom. The van der Waals surface area contributed by atoms with E-state index in [9.17, 15) is 13.2 Å². The molecule has 0 unspecified atom stereocenters. The van der Waals surface area contributed by atoms with E-state index < -0.39 is 10.0 Å². The Kier molecular flexibility index (Phi) is 3.65. The van der Waals surface area contributed by atoms with Crippen molar-refractivity contribution in [2.75, 3.05) is 18.1 Å². The molecule has 0 saturated heterocycles. The Balaban J connectivity index is 3.21. The van der Waals surface area contributed by atoms with Gasteiger partial charge in [-0.3, -0.25) is 4.72 Å². The second-order valence-corrected chi connectivity index (χ2v) is 4.71. The average Bonchev–Trinajstić information content (AvgIpc) is 2.16. The lowest BCUT2D eigenvalue weighted by molar-refractivity contribution is 0.417. The first kappa shape index (κ1) is 12.2. The number of rotatable bonds is 4. The van der Waals surface area contributed by atoms with Crippen LogP contribution in [0, 0.1) is 0 Å². The molecule has 0 heterocycles. The number of benzene rings is 1. The molecule has 0 saturated carbocycles. The first-order valence-electron chi connectivity index (χ1n) is 4.20. The molecule has 0 atom stereocenters. The lowest BCUT2D eigenvalue weighted by atomic mass is 10.2. The third kappa shape index (κ3) is 3.38. The maximum atomic E-state index is 11.1. The second-order valence-electron chi connectivity index (χ2n) is 2.96. The van der Waals surface area contributed by atoms with Crippen molar-refractivity contribution >= 4 is 27.5 Å². The molecular weight excluding hydrogens is 232 g/mol. The molecular formula is C9H10N2O4S. The maximum absolute atomic E-state index is 11.1. The third-order valence-electron chi connectivity index (χ3n) is 1.65. The smallest absolute Gasteiger partial charge is 0.240 e. The number of hydrogen-bond acceptors (Lipinski definition) is 5. The molecule has 1 aromatic carbocycles. The predicted molar refractivity (Wildman–Crippen MR) is 59.2 cm³/mol. The quantitative estimate of drug-likeness (QED) is 0.631. The summed E-state index contributed by atoms with van der Waals surface area (Å²) >= 11 is 0. The standard InChI is InChI=1S/C9H10N2O4S/c1-15-9-4-3-7(10-6-12)5-8(9)11-16(2,13)14/h3-5,11H,1-2H3. The molecule has 0 radical (unpaired) electrons. The van der Waals surface area contributed by atoms with Crippen LogP contribution in [-0.4, -0.2) is 27.9 Å². The van der Waals surface area contributed by atoms with Gasteiger partial charge in [0.1, 0.15) is 5.75 Å². The molecule has 1 rings (SSSR count). The first-order chi connectivity index (χ1) is 7.46. The monoisotopic (exact) mass is 242 g/mol. The van der Waals surface area contributed by atoms with E-state index in [2.05, 4.69) is 9.71 Å². The Hall–Kier alpha value is -1.85. The van der Waals surface area contributed by atoms with Crippen LogP contribution in [0.5, 0.6) is 5.75 Å². The minimum absolute atomic E-state index is 0.224. The van der Waals surface area contributed by atoms with Gasteiger partial charge in [-0.05, 0) is 18.2 Å². The number of hydrogen-bond donors (Lipinski definition) is 1. The molecule has 0 aliphatic heterocycles. The molecule has 16 heavy (non-hydrogen) atoms. The fourth-order valence-electron chi connectivity index (χ4n) is 1.10. The third-order valence-corrected chi connectivity index (χ3v) is 2.24. The van der Waals surface area contributed by atoms with Crippen LogP contribution in [0.25, 0.3) is 0 Å². The van der Waals surface area contributed by atoms with Gasteiger partial charge >= 0.3 is 0 Å². The van der Waals surface area contributed by atoms with Gasteiger partial charge in [-0.1, -0.05) is 0 Å². The van der Waals surface area contributed by atoms with Crippen molar-refractivity contribution < 1.29 is 17.9 Å². The van der Waals surface area contributed by atoms with Crippen molar-refractivity contribution in [3.63, 3.8) is 0 Å². The van der Waals surface area contributed by atoms with Crippen LogP contribution in [0.1, 0.15) is 0 Å². The maximum Gasteiger partial charge on any atom is 0.240 e. The van der Waals surface area contributed by atoms with Gasteiger partial charge in [0.15, 0.2) is 0 Å². The molecule has 0 fully saturated rings. The minimum atomic E-state index is -3.41. The number of methoxy groups -OCH3 is 1. The van der Waals surface area contributed by atoms with Gasteiger partial charge in [0.25, 0.3) is 0 Å². The molecule has 7 heteroatoms. The fraction of sp³-hybridized carbons (Fsp3) is 0.222. The van der Waals surface area contributed by atoms with Crippen LogP contribution in [-0.2, 0) is 14.8 Å². The highest BCUT2D eigenvalue weighted by Gasteiger charge is 2.08. The second kappa shape index (κ2) is 4.78. The number of ether oxygens (including phenoxy) is 1. The zero-order valence-corrected chi connectivity index (χ0v) is 9.54. The minimum Gasteiger partial charge on any atom is -0.495 e. The van der Waals surface area contributed by atoms with Crippen molar-refractivity contribution in [2.24, 2.45) is 4.99 Å². The number of aliphatic imine (C=N–C) groups is 1. The van der Waals surface area contributed by atoms with Crippen LogP contribution >= 0.6 is 0 Å². The summed E-state index contributed by atoms with van der Waals surface area (Å²) in [7, 11) is -2.00. The van der Waals surface area contributed by atoms with E-state index in [1.165, 1.54) is 31.4 Å². The molecule has 0 aliphatic carbocycles. The first-order valence-corrected chi connectivity index (χ1v) is 6.09. The molecule has 0 aromatic heterocycles. The molecule has 0 spiro atoms. The van der Waals surface area contributed by atoms with E-state index in [0.717, 1.165) is 6.26 Å².